The smallest absolute Gasteiger partial charge is 0.257 e. The SMILES string of the molecule is Cc1nc2ccc(-c3ccc4c(c3)CN(C(=O)c3ccc(S(C)(=O)=O)cc3F)CCO4)cc2[nH]1. The van der Waals surface area contributed by atoms with Gasteiger partial charge in [-0.3, -0.25) is 4.79 Å². The number of aryl methyl sites for hydroxylation is 1. The van der Waals surface area contributed by atoms with Gasteiger partial charge in [0.15, 0.2) is 9.84 Å². The van der Waals surface area contributed by atoms with Crippen molar-refractivity contribution in [3.8, 4) is 16.9 Å². The molecule has 174 valence electrons. The Morgan fingerprint density at radius 3 is 2.62 bits per heavy atom. The van der Waals surface area contributed by atoms with E-state index in [9.17, 15) is 17.6 Å². The van der Waals surface area contributed by atoms with Gasteiger partial charge in [-0.15, -0.1) is 0 Å². The zero-order valence-corrected chi connectivity index (χ0v) is 19.4. The molecule has 9 heteroatoms. The lowest BCUT2D eigenvalue weighted by atomic mass is 10.0. The van der Waals surface area contributed by atoms with Crippen LogP contribution in [0.5, 0.6) is 5.75 Å². The molecule has 1 amide bonds. The minimum atomic E-state index is -3.57. The Balaban J connectivity index is 1.45. The van der Waals surface area contributed by atoms with E-state index in [1.807, 2.05) is 43.3 Å². The van der Waals surface area contributed by atoms with E-state index in [0.717, 1.165) is 45.9 Å². The number of H-pyrrole nitrogens is 1. The lowest BCUT2D eigenvalue weighted by Gasteiger charge is -2.20. The summed E-state index contributed by atoms with van der Waals surface area (Å²) in [4.78, 5) is 22.1. The van der Waals surface area contributed by atoms with Crippen molar-refractivity contribution < 1.29 is 22.3 Å². The number of rotatable bonds is 3. The van der Waals surface area contributed by atoms with Crippen LogP contribution >= 0.6 is 0 Å². The Morgan fingerprint density at radius 1 is 1.09 bits per heavy atom. The molecule has 1 aromatic heterocycles. The van der Waals surface area contributed by atoms with Gasteiger partial charge in [0.1, 0.15) is 24.0 Å². The number of aromatic nitrogens is 2. The second-order valence-corrected chi connectivity index (χ2v) is 10.4. The van der Waals surface area contributed by atoms with Crippen molar-refractivity contribution in [2.24, 2.45) is 0 Å². The summed E-state index contributed by atoms with van der Waals surface area (Å²) in [6, 6.07) is 15.1. The first-order valence-corrected chi connectivity index (χ1v) is 12.6. The Bertz CT molecular complexity index is 1550. The first-order valence-electron chi connectivity index (χ1n) is 10.7. The highest BCUT2D eigenvalue weighted by Crippen LogP contribution is 2.31. The number of hydrogen-bond acceptors (Lipinski definition) is 5. The van der Waals surface area contributed by atoms with Gasteiger partial charge in [0.25, 0.3) is 5.91 Å². The van der Waals surface area contributed by atoms with Crippen molar-refractivity contribution in [1.29, 1.82) is 0 Å². The Hall–Kier alpha value is -3.72. The largest absolute Gasteiger partial charge is 0.491 e. The predicted octanol–water partition coefficient (Wildman–Crippen LogP) is 4.12. The first-order chi connectivity index (χ1) is 16.2. The quantitative estimate of drug-likeness (QED) is 0.477. The number of imidazole rings is 1. The summed E-state index contributed by atoms with van der Waals surface area (Å²) in [6.07, 6.45) is 0.995. The molecular weight excluding hydrogens is 457 g/mol. The molecule has 34 heavy (non-hydrogen) atoms. The summed E-state index contributed by atoms with van der Waals surface area (Å²) >= 11 is 0. The van der Waals surface area contributed by atoms with Gasteiger partial charge < -0.3 is 14.6 Å². The fourth-order valence-corrected chi connectivity index (χ4v) is 4.77. The number of nitrogens with zero attached hydrogens (tertiary/aromatic N) is 2. The molecule has 0 fully saturated rings. The van der Waals surface area contributed by atoms with Gasteiger partial charge in [-0.05, 0) is 60.5 Å². The number of carbonyl (C=O) groups excluding carboxylic acids is 1. The molecule has 1 aliphatic heterocycles. The number of nitrogens with one attached hydrogen (secondary N) is 1. The van der Waals surface area contributed by atoms with Gasteiger partial charge in [0.2, 0.25) is 0 Å². The van der Waals surface area contributed by atoms with Gasteiger partial charge in [0.05, 0.1) is 28.0 Å². The molecule has 1 N–H and O–H groups in total. The summed E-state index contributed by atoms with van der Waals surface area (Å²) < 4.78 is 43.9. The Kier molecular flexibility index (Phi) is 5.36. The molecule has 0 atom stereocenters. The molecule has 0 radical (unpaired) electrons. The van der Waals surface area contributed by atoms with Crippen molar-refractivity contribution in [3.05, 3.63) is 77.4 Å². The predicted molar refractivity (Wildman–Crippen MR) is 126 cm³/mol. The summed E-state index contributed by atoms with van der Waals surface area (Å²) in [5.41, 5.74) is 4.40. The van der Waals surface area contributed by atoms with Crippen LogP contribution in [0.1, 0.15) is 21.7 Å². The van der Waals surface area contributed by atoms with Crippen LogP contribution in [0.25, 0.3) is 22.2 Å². The molecule has 1 aliphatic rings. The molecule has 7 nitrogen and oxygen atoms in total. The molecule has 0 saturated heterocycles. The normalized spacial score (nSPS) is 13.9. The van der Waals surface area contributed by atoms with Gasteiger partial charge in [-0.1, -0.05) is 12.1 Å². The molecular formula is C25H22FN3O4S. The van der Waals surface area contributed by atoms with Gasteiger partial charge in [0, 0.05) is 18.4 Å². The first kappa shape index (κ1) is 22.1. The average molecular weight is 480 g/mol. The minimum Gasteiger partial charge on any atom is -0.491 e. The third-order valence-electron chi connectivity index (χ3n) is 5.86. The van der Waals surface area contributed by atoms with Crippen molar-refractivity contribution in [3.63, 3.8) is 0 Å². The second-order valence-electron chi connectivity index (χ2n) is 8.37. The molecule has 0 aliphatic carbocycles. The van der Waals surface area contributed by atoms with Crippen LogP contribution < -0.4 is 4.74 Å². The lowest BCUT2D eigenvalue weighted by molar-refractivity contribution is 0.0728. The summed E-state index contributed by atoms with van der Waals surface area (Å²) in [5.74, 6) is 0.128. The van der Waals surface area contributed by atoms with Crippen molar-refractivity contribution in [1.82, 2.24) is 14.9 Å². The summed E-state index contributed by atoms with van der Waals surface area (Å²) in [7, 11) is -3.57. The van der Waals surface area contributed by atoms with Gasteiger partial charge in [-0.2, -0.15) is 0 Å². The van der Waals surface area contributed by atoms with Crippen molar-refractivity contribution >= 4 is 26.8 Å². The average Bonchev–Trinajstić information content (AvgIpc) is 3.03. The number of ether oxygens (including phenoxy) is 1. The molecule has 2 heterocycles. The number of halogens is 1. The van der Waals surface area contributed by atoms with Crippen molar-refractivity contribution in [2.45, 2.75) is 18.4 Å². The van der Waals surface area contributed by atoms with Crippen LogP contribution in [-0.4, -0.2) is 48.6 Å². The molecule has 0 bridgehead atoms. The Morgan fingerprint density at radius 2 is 1.85 bits per heavy atom. The van der Waals surface area contributed by atoms with Crippen molar-refractivity contribution in [2.75, 3.05) is 19.4 Å². The third-order valence-corrected chi connectivity index (χ3v) is 6.97. The highest BCUT2D eigenvalue weighted by molar-refractivity contribution is 7.90. The fraction of sp³-hybridized carbons (Fsp3) is 0.200. The van der Waals surface area contributed by atoms with Crippen LogP contribution in [-0.2, 0) is 16.4 Å². The summed E-state index contributed by atoms with van der Waals surface area (Å²) in [5, 5.41) is 0. The number of sulfone groups is 1. The van der Waals surface area contributed by atoms with E-state index in [-0.39, 0.29) is 30.2 Å². The van der Waals surface area contributed by atoms with Crippen LogP contribution in [0.15, 0.2) is 59.5 Å². The third kappa shape index (κ3) is 4.14. The zero-order valence-electron chi connectivity index (χ0n) is 18.6. The Labute approximate surface area is 196 Å². The lowest BCUT2D eigenvalue weighted by Crippen LogP contribution is -2.33. The van der Waals surface area contributed by atoms with E-state index in [1.165, 1.54) is 17.0 Å². The van der Waals surface area contributed by atoms with Crippen LogP contribution in [0, 0.1) is 12.7 Å². The molecule has 3 aromatic carbocycles. The second kappa shape index (κ2) is 8.25. The van der Waals surface area contributed by atoms with Crippen LogP contribution in [0.3, 0.4) is 0 Å². The molecule has 4 aromatic rings. The molecule has 5 rings (SSSR count). The summed E-state index contributed by atoms with van der Waals surface area (Å²) in [6.45, 7) is 2.68. The number of carbonyl (C=O) groups is 1. The monoisotopic (exact) mass is 479 g/mol. The van der Waals surface area contributed by atoms with Crippen LogP contribution in [0.4, 0.5) is 4.39 Å². The standard InChI is InChI=1S/C25H22FN3O4S/c1-15-27-22-7-3-17(12-23(22)28-15)16-4-8-24-18(11-16)14-29(9-10-33-24)25(30)20-6-5-19(13-21(20)26)34(2,31)32/h3-8,11-13H,9-10,14H2,1-2H3,(H,27,28). The highest BCUT2D eigenvalue weighted by Gasteiger charge is 2.24. The van der Waals surface area contributed by atoms with E-state index < -0.39 is 21.6 Å². The molecule has 0 spiro atoms. The highest BCUT2D eigenvalue weighted by atomic mass is 32.2. The molecule has 0 unspecified atom stereocenters. The van der Waals surface area contributed by atoms with E-state index in [2.05, 4.69) is 9.97 Å². The maximum atomic E-state index is 14.6. The number of benzene rings is 3. The van der Waals surface area contributed by atoms with E-state index in [0.29, 0.717) is 5.75 Å². The number of hydrogen-bond donors (Lipinski definition) is 1. The van der Waals surface area contributed by atoms with E-state index in [4.69, 9.17) is 4.74 Å². The number of amides is 1. The van der Waals surface area contributed by atoms with Gasteiger partial charge >= 0.3 is 0 Å². The number of fused-ring (bicyclic) bond motifs is 2. The number of aromatic amines is 1. The topological polar surface area (TPSA) is 92.4 Å². The minimum absolute atomic E-state index is 0.167. The maximum absolute atomic E-state index is 14.6. The van der Waals surface area contributed by atoms with E-state index >= 15 is 0 Å². The van der Waals surface area contributed by atoms with Crippen LogP contribution in [0.2, 0.25) is 0 Å². The van der Waals surface area contributed by atoms with Gasteiger partial charge in [-0.25, -0.2) is 17.8 Å². The molecule has 0 saturated carbocycles. The fourth-order valence-electron chi connectivity index (χ4n) is 4.13. The zero-order chi connectivity index (χ0) is 24.0. The maximum Gasteiger partial charge on any atom is 0.257 e. The van der Waals surface area contributed by atoms with E-state index in [1.54, 1.807) is 0 Å².